The van der Waals surface area contributed by atoms with E-state index in [0.29, 0.717) is 5.56 Å². The van der Waals surface area contributed by atoms with Crippen molar-refractivity contribution in [3.05, 3.63) is 59.7 Å². The number of benzene rings is 2. The fraction of sp³-hybridized carbons (Fsp3) is 0.0714. The summed E-state index contributed by atoms with van der Waals surface area (Å²) in [6.07, 6.45) is -1.36. The molecule has 0 radical (unpaired) electrons. The minimum atomic E-state index is -1.36. The van der Waals surface area contributed by atoms with Crippen LogP contribution in [-0.2, 0) is 0 Å². The highest BCUT2D eigenvalue weighted by Crippen LogP contribution is 2.23. The zero-order valence-corrected chi connectivity index (χ0v) is 9.45. The van der Waals surface area contributed by atoms with Gasteiger partial charge >= 0.3 is 0 Å². The minimum Gasteiger partial charge on any atom is -0.508 e. The number of ketones is 1. The van der Waals surface area contributed by atoms with Crippen molar-refractivity contribution in [3.63, 3.8) is 0 Å². The SMILES string of the molecule is O=C(c1cccc(O)c1)C(O)c1cccc(O)c1. The number of aliphatic hydroxyl groups excluding tert-OH is 1. The molecule has 0 saturated heterocycles. The van der Waals surface area contributed by atoms with Gasteiger partial charge in [-0.2, -0.15) is 0 Å². The third-order valence-electron chi connectivity index (χ3n) is 2.56. The zero-order valence-electron chi connectivity index (χ0n) is 9.45. The summed E-state index contributed by atoms with van der Waals surface area (Å²) in [6, 6.07) is 11.6. The third kappa shape index (κ3) is 2.49. The van der Waals surface area contributed by atoms with Crippen LogP contribution in [0.25, 0.3) is 0 Å². The van der Waals surface area contributed by atoms with Crippen molar-refractivity contribution in [1.29, 1.82) is 0 Å². The highest BCUT2D eigenvalue weighted by Gasteiger charge is 2.19. The smallest absolute Gasteiger partial charge is 0.195 e. The minimum absolute atomic E-state index is 0.0183. The first-order valence-corrected chi connectivity index (χ1v) is 5.38. The molecular weight excluding hydrogens is 232 g/mol. The average Bonchev–Trinajstić information content (AvgIpc) is 2.37. The van der Waals surface area contributed by atoms with Gasteiger partial charge in [0.15, 0.2) is 5.78 Å². The molecule has 0 amide bonds. The number of aromatic hydroxyl groups is 2. The molecule has 18 heavy (non-hydrogen) atoms. The fourth-order valence-corrected chi connectivity index (χ4v) is 1.66. The summed E-state index contributed by atoms with van der Waals surface area (Å²) in [5.41, 5.74) is 0.522. The number of rotatable bonds is 3. The van der Waals surface area contributed by atoms with Crippen LogP contribution in [0.2, 0.25) is 0 Å². The van der Waals surface area contributed by atoms with Gasteiger partial charge < -0.3 is 15.3 Å². The van der Waals surface area contributed by atoms with Gasteiger partial charge in [-0.1, -0.05) is 24.3 Å². The molecule has 0 bridgehead atoms. The number of Topliss-reactive ketones (excluding diaryl/α,β-unsaturated/α-hetero) is 1. The molecule has 0 spiro atoms. The number of carbonyl (C=O) groups is 1. The lowest BCUT2D eigenvalue weighted by molar-refractivity contribution is 0.0747. The molecule has 1 unspecified atom stereocenters. The van der Waals surface area contributed by atoms with Gasteiger partial charge in [-0.25, -0.2) is 0 Å². The molecule has 3 N–H and O–H groups in total. The van der Waals surface area contributed by atoms with E-state index in [4.69, 9.17) is 0 Å². The zero-order chi connectivity index (χ0) is 13.1. The first-order valence-electron chi connectivity index (χ1n) is 5.38. The molecule has 1 atom stereocenters. The molecule has 4 heteroatoms. The van der Waals surface area contributed by atoms with Gasteiger partial charge in [-0.05, 0) is 29.8 Å². The maximum atomic E-state index is 12.0. The maximum absolute atomic E-state index is 12.0. The largest absolute Gasteiger partial charge is 0.508 e. The van der Waals surface area contributed by atoms with E-state index in [2.05, 4.69) is 0 Å². The molecule has 0 aliphatic carbocycles. The summed E-state index contributed by atoms with van der Waals surface area (Å²) in [6.45, 7) is 0. The molecule has 0 aliphatic rings. The molecule has 0 saturated carbocycles. The Morgan fingerprint density at radius 1 is 0.944 bits per heavy atom. The van der Waals surface area contributed by atoms with Crippen molar-refractivity contribution < 1.29 is 20.1 Å². The second-order valence-electron chi connectivity index (χ2n) is 3.91. The summed E-state index contributed by atoms with van der Waals surface area (Å²) in [5.74, 6) is -0.587. The van der Waals surface area contributed by atoms with Gasteiger partial charge in [0.25, 0.3) is 0 Å². The number of hydrogen-bond acceptors (Lipinski definition) is 4. The van der Waals surface area contributed by atoms with Crippen LogP contribution >= 0.6 is 0 Å². The highest BCUT2D eigenvalue weighted by molar-refractivity contribution is 6.00. The van der Waals surface area contributed by atoms with Gasteiger partial charge in [-0.3, -0.25) is 4.79 Å². The number of carbonyl (C=O) groups excluding carboxylic acids is 1. The van der Waals surface area contributed by atoms with Gasteiger partial charge in [0, 0.05) is 5.56 Å². The van der Waals surface area contributed by atoms with E-state index < -0.39 is 11.9 Å². The predicted octanol–water partition coefficient (Wildman–Crippen LogP) is 2.01. The molecule has 0 fully saturated rings. The molecule has 0 aliphatic heterocycles. The van der Waals surface area contributed by atoms with Crippen molar-refractivity contribution in [2.24, 2.45) is 0 Å². The van der Waals surface area contributed by atoms with Crippen molar-refractivity contribution in [2.75, 3.05) is 0 Å². The van der Waals surface area contributed by atoms with Crippen molar-refractivity contribution >= 4 is 5.78 Å². The van der Waals surface area contributed by atoms with Crippen LogP contribution in [0.1, 0.15) is 22.0 Å². The van der Waals surface area contributed by atoms with Crippen LogP contribution in [0.3, 0.4) is 0 Å². The lowest BCUT2D eigenvalue weighted by atomic mass is 10.00. The Morgan fingerprint density at radius 3 is 2.17 bits per heavy atom. The molecular formula is C14H12O4. The Hall–Kier alpha value is -2.33. The summed E-state index contributed by atoms with van der Waals surface area (Å²) in [5, 5.41) is 28.5. The topological polar surface area (TPSA) is 77.8 Å². The van der Waals surface area contributed by atoms with Crippen LogP contribution in [0.4, 0.5) is 0 Å². The molecule has 2 rings (SSSR count). The number of aliphatic hydroxyl groups is 1. The second-order valence-corrected chi connectivity index (χ2v) is 3.91. The van der Waals surface area contributed by atoms with Crippen molar-refractivity contribution in [3.8, 4) is 11.5 Å². The maximum Gasteiger partial charge on any atom is 0.195 e. The summed E-state index contributed by atoms with van der Waals surface area (Å²) < 4.78 is 0. The lowest BCUT2D eigenvalue weighted by Gasteiger charge is -2.10. The first kappa shape index (κ1) is 12.1. The summed E-state index contributed by atoms with van der Waals surface area (Å²) in [7, 11) is 0. The van der Waals surface area contributed by atoms with Crippen LogP contribution < -0.4 is 0 Å². The van der Waals surface area contributed by atoms with E-state index in [1.54, 1.807) is 12.1 Å². The normalized spacial score (nSPS) is 12.1. The molecule has 4 nitrogen and oxygen atoms in total. The Bertz CT molecular complexity index is 578. The van der Waals surface area contributed by atoms with Crippen molar-refractivity contribution in [1.82, 2.24) is 0 Å². The Labute approximate surface area is 104 Å². The molecule has 2 aromatic carbocycles. The van der Waals surface area contributed by atoms with E-state index in [1.165, 1.54) is 36.4 Å². The van der Waals surface area contributed by atoms with Gasteiger partial charge in [-0.15, -0.1) is 0 Å². The highest BCUT2D eigenvalue weighted by atomic mass is 16.3. The molecule has 2 aromatic rings. The van der Waals surface area contributed by atoms with Crippen molar-refractivity contribution in [2.45, 2.75) is 6.10 Å². The monoisotopic (exact) mass is 244 g/mol. The quantitative estimate of drug-likeness (QED) is 0.722. The number of phenols is 2. The van der Waals surface area contributed by atoms with Crippen LogP contribution in [0.5, 0.6) is 11.5 Å². The average molecular weight is 244 g/mol. The van der Waals surface area contributed by atoms with Gasteiger partial charge in [0.2, 0.25) is 0 Å². The van der Waals surface area contributed by atoms with Gasteiger partial charge in [0.1, 0.15) is 17.6 Å². The molecule has 92 valence electrons. The fourth-order valence-electron chi connectivity index (χ4n) is 1.66. The van der Waals surface area contributed by atoms with E-state index >= 15 is 0 Å². The Kier molecular flexibility index (Phi) is 3.30. The van der Waals surface area contributed by atoms with Crippen LogP contribution in [0, 0.1) is 0 Å². The summed E-state index contributed by atoms with van der Waals surface area (Å²) in [4.78, 5) is 12.0. The molecule has 0 aromatic heterocycles. The van der Waals surface area contributed by atoms with E-state index in [0.717, 1.165) is 0 Å². The van der Waals surface area contributed by atoms with E-state index in [9.17, 15) is 20.1 Å². The first-order chi connectivity index (χ1) is 8.58. The van der Waals surface area contributed by atoms with E-state index in [1.807, 2.05) is 0 Å². The van der Waals surface area contributed by atoms with Crippen LogP contribution in [0.15, 0.2) is 48.5 Å². The number of phenolic OH excluding ortho intramolecular Hbond substituents is 2. The van der Waals surface area contributed by atoms with E-state index in [-0.39, 0.29) is 17.1 Å². The van der Waals surface area contributed by atoms with Gasteiger partial charge in [0.05, 0.1) is 0 Å². The predicted molar refractivity (Wildman–Crippen MR) is 65.5 cm³/mol. The lowest BCUT2D eigenvalue weighted by Crippen LogP contribution is -2.12. The Morgan fingerprint density at radius 2 is 1.56 bits per heavy atom. The second kappa shape index (κ2) is 4.89. The number of hydrogen-bond donors (Lipinski definition) is 3. The standard InChI is InChI=1S/C14H12O4/c15-11-5-1-3-9(7-11)13(17)14(18)10-4-2-6-12(16)8-10/h1-8,13,15-17H. The van der Waals surface area contributed by atoms with Crippen LogP contribution in [-0.4, -0.2) is 21.1 Å². The summed E-state index contributed by atoms with van der Waals surface area (Å²) >= 11 is 0. The third-order valence-corrected chi connectivity index (χ3v) is 2.56. The molecule has 0 heterocycles. The Balaban J connectivity index is 2.29.